The molecule has 0 bridgehead atoms. The first-order valence-electron chi connectivity index (χ1n) is 7.67. The Kier molecular flexibility index (Phi) is 8.40. The summed E-state index contributed by atoms with van der Waals surface area (Å²) in [6.07, 6.45) is 2.24. The van der Waals surface area contributed by atoms with Crippen LogP contribution in [0.15, 0.2) is 36.0 Å². The SMILES string of the molecule is CCOC(=O)c1ccc(NC(=O)/C(C#N)=C\N(C=O)CCCN)cc1. The minimum atomic E-state index is -0.661. The molecule has 0 saturated heterocycles. The van der Waals surface area contributed by atoms with Gasteiger partial charge in [0.25, 0.3) is 5.91 Å². The first-order chi connectivity index (χ1) is 12.0. The standard InChI is InChI=1S/C17H20N4O4/c1-2-25-17(24)13-4-6-15(7-5-13)20-16(23)14(10-19)11-21(12-22)9-3-8-18/h4-7,11-12H,2-3,8-9,18H2,1H3,(H,20,23)/b14-11-. The number of ether oxygens (including phenoxy) is 1. The summed E-state index contributed by atoms with van der Waals surface area (Å²) in [4.78, 5) is 35.8. The lowest BCUT2D eigenvalue weighted by atomic mass is 10.2. The van der Waals surface area contributed by atoms with Crippen molar-refractivity contribution in [2.75, 3.05) is 25.0 Å². The fourth-order valence-corrected chi connectivity index (χ4v) is 1.83. The number of carbonyl (C=O) groups is 3. The van der Waals surface area contributed by atoms with E-state index in [0.29, 0.717) is 37.2 Å². The van der Waals surface area contributed by atoms with Crippen LogP contribution in [0.3, 0.4) is 0 Å². The van der Waals surface area contributed by atoms with Crippen LogP contribution in [0.1, 0.15) is 23.7 Å². The highest BCUT2D eigenvalue weighted by atomic mass is 16.5. The third-order valence-electron chi connectivity index (χ3n) is 3.07. The summed E-state index contributed by atoms with van der Waals surface area (Å²) in [7, 11) is 0. The van der Waals surface area contributed by atoms with Gasteiger partial charge in [0, 0.05) is 18.4 Å². The molecule has 0 aromatic heterocycles. The van der Waals surface area contributed by atoms with Gasteiger partial charge in [-0.15, -0.1) is 0 Å². The smallest absolute Gasteiger partial charge is 0.338 e. The molecule has 0 unspecified atom stereocenters. The number of hydrogen-bond donors (Lipinski definition) is 2. The molecule has 0 radical (unpaired) electrons. The summed E-state index contributed by atoms with van der Waals surface area (Å²) in [6.45, 7) is 2.68. The Morgan fingerprint density at radius 3 is 2.56 bits per heavy atom. The number of nitrogens with zero attached hydrogens (tertiary/aromatic N) is 2. The van der Waals surface area contributed by atoms with Crippen molar-refractivity contribution in [2.45, 2.75) is 13.3 Å². The quantitative estimate of drug-likeness (QED) is 0.298. The molecule has 0 aliphatic rings. The summed E-state index contributed by atoms with van der Waals surface area (Å²) >= 11 is 0. The average Bonchev–Trinajstić information content (AvgIpc) is 2.62. The summed E-state index contributed by atoms with van der Waals surface area (Å²) < 4.78 is 4.87. The molecule has 3 N–H and O–H groups in total. The fraction of sp³-hybridized carbons (Fsp3) is 0.294. The molecule has 8 heteroatoms. The summed E-state index contributed by atoms with van der Waals surface area (Å²) in [5.41, 5.74) is 5.90. The molecule has 25 heavy (non-hydrogen) atoms. The maximum absolute atomic E-state index is 12.1. The number of anilines is 1. The Balaban J connectivity index is 2.80. The second-order valence-corrected chi connectivity index (χ2v) is 4.89. The van der Waals surface area contributed by atoms with Gasteiger partial charge in [0.2, 0.25) is 6.41 Å². The molecule has 0 saturated carbocycles. The Labute approximate surface area is 145 Å². The molecule has 0 aliphatic carbocycles. The zero-order valence-corrected chi connectivity index (χ0v) is 13.9. The van der Waals surface area contributed by atoms with Crippen LogP contribution in [0.25, 0.3) is 0 Å². The number of nitrogens with two attached hydrogens (primary N) is 1. The highest BCUT2D eigenvalue weighted by Gasteiger charge is 2.12. The monoisotopic (exact) mass is 344 g/mol. The number of rotatable bonds is 9. The number of nitriles is 1. The first kappa shape index (κ1) is 19.9. The van der Waals surface area contributed by atoms with Crippen molar-refractivity contribution < 1.29 is 19.1 Å². The van der Waals surface area contributed by atoms with Crippen molar-refractivity contribution in [3.63, 3.8) is 0 Å². The van der Waals surface area contributed by atoms with Gasteiger partial charge in [-0.3, -0.25) is 9.59 Å². The van der Waals surface area contributed by atoms with Crippen LogP contribution in [0.5, 0.6) is 0 Å². The van der Waals surface area contributed by atoms with E-state index < -0.39 is 11.9 Å². The zero-order valence-electron chi connectivity index (χ0n) is 13.9. The van der Waals surface area contributed by atoms with E-state index in [1.165, 1.54) is 35.4 Å². The van der Waals surface area contributed by atoms with E-state index in [1.54, 1.807) is 13.0 Å². The molecule has 1 rings (SSSR count). The number of benzene rings is 1. The minimum Gasteiger partial charge on any atom is -0.462 e. The van der Waals surface area contributed by atoms with Crippen molar-refractivity contribution in [3.8, 4) is 6.07 Å². The van der Waals surface area contributed by atoms with E-state index in [9.17, 15) is 14.4 Å². The van der Waals surface area contributed by atoms with Crippen molar-refractivity contribution in [1.29, 1.82) is 5.26 Å². The van der Waals surface area contributed by atoms with Gasteiger partial charge in [0.05, 0.1) is 12.2 Å². The van der Waals surface area contributed by atoms with Gasteiger partial charge < -0.3 is 20.7 Å². The molecule has 1 aromatic rings. The van der Waals surface area contributed by atoms with Crippen LogP contribution < -0.4 is 11.1 Å². The summed E-state index contributed by atoms with van der Waals surface area (Å²) in [5, 5.41) is 11.6. The number of hydrogen-bond acceptors (Lipinski definition) is 6. The van der Waals surface area contributed by atoms with Gasteiger partial charge in [-0.1, -0.05) is 0 Å². The van der Waals surface area contributed by atoms with Crippen LogP contribution in [0.2, 0.25) is 0 Å². The van der Waals surface area contributed by atoms with Crippen LogP contribution in [0, 0.1) is 11.3 Å². The number of carbonyl (C=O) groups excluding carboxylic acids is 3. The maximum atomic E-state index is 12.1. The molecule has 0 aliphatic heterocycles. The van der Waals surface area contributed by atoms with E-state index >= 15 is 0 Å². The Bertz CT molecular complexity index is 677. The van der Waals surface area contributed by atoms with Crippen LogP contribution >= 0.6 is 0 Å². The van der Waals surface area contributed by atoms with E-state index in [2.05, 4.69) is 5.32 Å². The highest BCUT2D eigenvalue weighted by molar-refractivity contribution is 6.06. The van der Waals surface area contributed by atoms with Crippen LogP contribution in [-0.4, -0.2) is 42.9 Å². The maximum Gasteiger partial charge on any atom is 0.338 e. The number of esters is 1. The zero-order chi connectivity index (χ0) is 18.7. The lowest BCUT2D eigenvalue weighted by molar-refractivity contribution is -0.116. The third kappa shape index (κ3) is 6.45. The molecule has 0 atom stereocenters. The second kappa shape index (κ2) is 10.6. The molecular formula is C17H20N4O4. The van der Waals surface area contributed by atoms with Crippen molar-refractivity contribution in [2.24, 2.45) is 5.73 Å². The molecule has 0 heterocycles. The molecule has 1 aromatic carbocycles. The number of amides is 2. The largest absolute Gasteiger partial charge is 0.462 e. The predicted octanol–water partition coefficient (Wildman–Crippen LogP) is 1.02. The highest BCUT2D eigenvalue weighted by Crippen LogP contribution is 2.12. The minimum absolute atomic E-state index is 0.224. The van der Waals surface area contributed by atoms with Gasteiger partial charge in [-0.2, -0.15) is 5.26 Å². The lowest BCUT2D eigenvalue weighted by Gasteiger charge is -2.12. The molecule has 132 valence electrons. The molecule has 2 amide bonds. The van der Waals surface area contributed by atoms with Crippen molar-refractivity contribution in [3.05, 3.63) is 41.6 Å². The van der Waals surface area contributed by atoms with E-state index in [0.717, 1.165) is 0 Å². The van der Waals surface area contributed by atoms with Gasteiger partial charge in [-0.25, -0.2) is 4.79 Å². The average molecular weight is 344 g/mol. The fourth-order valence-electron chi connectivity index (χ4n) is 1.83. The van der Waals surface area contributed by atoms with Gasteiger partial charge >= 0.3 is 5.97 Å². The van der Waals surface area contributed by atoms with Crippen LogP contribution in [0.4, 0.5) is 5.69 Å². The number of nitrogens with one attached hydrogen (secondary N) is 1. The predicted molar refractivity (Wildman–Crippen MR) is 91.2 cm³/mol. The normalized spacial score (nSPS) is 10.5. The second-order valence-electron chi connectivity index (χ2n) is 4.89. The third-order valence-corrected chi connectivity index (χ3v) is 3.07. The van der Waals surface area contributed by atoms with E-state index in [-0.39, 0.29) is 12.2 Å². The van der Waals surface area contributed by atoms with Gasteiger partial charge in [-0.05, 0) is 44.2 Å². The van der Waals surface area contributed by atoms with E-state index in [4.69, 9.17) is 15.7 Å². The van der Waals surface area contributed by atoms with Crippen molar-refractivity contribution >= 4 is 24.0 Å². The first-order valence-corrected chi connectivity index (χ1v) is 7.67. The Morgan fingerprint density at radius 1 is 1.36 bits per heavy atom. The topological polar surface area (TPSA) is 126 Å². The Hall–Kier alpha value is -3.18. The van der Waals surface area contributed by atoms with Gasteiger partial charge in [0.1, 0.15) is 11.6 Å². The molecule has 8 nitrogen and oxygen atoms in total. The summed E-state index contributed by atoms with van der Waals surface area (Å²) in [5.74, 6) is -1.12. The Morgan fingerprint density at radius 2 is 2.04 bits per heavy atom. The van der Waals surface area contributed by atoms with E-state index in [1.807, 2.05) is 0 Å². The molecular weight excluding hydrogens is 324 g/mol. The lowest BCUT2D eigenvalue weighted by Crippen LogP contribution is -2.22. The molecule has 0 spiro atoms. The molecule has 0 fully saturated rings. The summed E-state index contributed by atoms with van der Waals surface area (Å²) in [6, 6.07) is 7.80. The van der Waals surface area contributed by atoms with Crippen molar-refractivity contribution in [1.82, 2.24) is 4.90 Å². The van der Waals surface area contributed by atoms with Gasteiger partial charge in [0.15, 0.2) is 0 Å². The van der Waals surface area contributed by atoms with Crippen LogP contribution in [-0.2, 0) is 14.3 Å².